The molecule has 1 aromatic carbocycles. The van der Waals surface area contributed by atoms with E-state index in [1.54, 1.807) is 0 Å². The molecule has 0 amide bonds. The second kappa shape index (κ2) is 13.0. The molecule has 2 fully saturated rings. The van der Waals surface area contributed by atoms with Crippen molar-refractivity contribution in [3.8, 4) is 0 Å². The Balaban J connectivity index is 1.66. The van der Waals surface area contributed by atoms with Crippen molar-refractivity contribution in [3.05, 3.63) is 42.1 Å². The molecule has 3 atom stereocenters. The van der Waals surface area contributed by atoms with Crippen LogP contribution in [0.1, 0.15) is 103 Å². The number of esters is 1. The van der Waals surface area contributed by atoms with Gasteiger partial charge in [-0.3, -0.25) is 14.7 Å². The molecule has 0 N–H and O–H groups in total. The summed E-state index contributed by atoms with van der Waals surface area (Å²) in [6.07, 6.45) is 14.2. The number of carbonyl (C=O) groups excluding carboxylic acids is 1. The van der Waals surface area contributed by atoms with Crippen molar-refractivity contribution in [2.75, 3.05) is 13.1 Å². The summed E-state index contributed by atoms with van der Waals surface area (Å²) in [7, 11) is 0. The highest BCUT2D eigenvalue weighted by molar-refractivity contribution is 5.79. The van der Waals surface area contributed by atoms with Crippen molar-refractivity contribution in [2.24, 2.45) is 17.8 Å². The fraction of sp³-hybridized carbons (Fsp3) is 0.688. The van der Waals surface area contributed by atoms with E-state index in [1.807, 2.05) is 13.8 Å². The molecular formula is C32H48N2O2. The number of para-hydroxylation sites is 1. The van der Waals surface area contributed by atoms with Crippen LogP contribution in [0, 0.1) is 17.8 Å². The van der Waals surface area contributed by atoms with Gasteiger partial charge in [-0.05, 0) is 87.9 Å². The van der Waals surface area contributed by atoms with Gasteiger partial charge in [-0.15, -0.1) is 0 Å². The highest BCUT2D eigenvalue weighted by Gasteiger charge is 2.39. The molecule has 0 saturated heterocycles. The molecule has 1 aromatic heterocycles. The van der Waals surface area contributed by atoms with E-state index in [-0.39, 0.29) is 12.1 Å². The van der Waals surface area contributed by atoms with Crippen LogP contribution in [0.2, 0.25) is 0 Å². The minimum absolute atomic E-state index is 0.0459. The van der Waals surface area contributed by atoms with E-state index < -0.39 is 0 Å². The molecule has 4 heteroatoms. The lowest BCUT2D eigenvalue weighted by molar-refractivity contribution is -0.149. The van der Waals surface area contributed by atoms with Gasteiger partial charge in [0.05, 0.1) is 11.6 Å². The lowest BCUT2D eigenvalue weighted by Gasteiger charge is -2.46. The van der Waals surface area contributed by atoms with Crippen LogP contribution in [-0.2, 0) is 9.53 Å². The molecule has 2 aromatic rings. The van der Waals surface area contributed by atoms with Crippen molar-refractivity contribution in [3.63, 3.8) is 0 Å². The number of carbonyl (C=O) groups is 1. The third kappa shape index (κ3) is 7.31. The maximum Gasteiger partial charge on any atom is 0.306 e. The van der Waals surface area contributed by atoms with E-state index in [0.717, 1.165) is 24.4 Å². The van der Waals surface area contributed by atoms with Gasteiger partial charge in [-0.2, -0.15) is 0 Å². The molecule has 2 aliphatic carbocycles. The summed E-state index contributed by atoms with van der Waals surface area (Å²) in [4.78, 5) is 20.6. The molecule has 2 saturated carbocycles. The summed E-state index contributed by atoms with van der Waals surface area (Å²) in [5.41, 5.74) is 2.35. The van der Waals surface area contributed by atoms with Gasteiger partial charge in [0.15, 0.2) is 0 Å². The monoisotopic (exact) mass is 492 g/mol. The first-order valence-electron chi connectivity index (χ1n) is 14.7. The maximum absolute atomic E-state index is 12.9. The van der Waals surface area contributed by atoms with Gasteiger partial charge >= 0.3 is 5.97 Å². The summed E-state index contributed by atoms with van der Waals surface area (Å²) >= 11 is 0. The van der Waals surface area contributed by atoms with Crippen LogP contribution in [-0.4, -0.2) is 41.1 Å². The molecule has 4 nitrogen and oxygen atoms in total. The van der Waals surface area contributed by atoms with Gasteiger partial charge in [-0.1, -0.05) is 57.7 Å². The van der Waals surface area contributed by atoms with Crippen molar-refractivity contribution in [2.45, 2.75) is 110 Å². The number of nitrogens with zero attached hydrogens (tertiary/aromatic N) is 2. The fourth-order valence-corrected chi connectivity index (χ4v) is 6.71. The first kappa shape index (κ1) is 27.1. The standard InChI is InChI=1S/C32H48N2O2/c1-23(2)17-18-34(22-25-11-6-5-7-12-25)30-16-10-14-27(20-31(35)36-24(3)4)32(30)28-19-26-13-8-9-15-29(26)33-21-28/h8-9,13,15,19,21,23-25,27,30,32H,5-7,10-12,14,16-18,20,22H2,1-4H3/t27-,30-,32+/m1/s1. The lowest BCUT2D eigenvalue weighted by Crippen LogP contribution is -2.47. The molecule has 36 heavy (non-hydrogen) atoms. The summed E-state index contributed by atoms with van der Waals surface area (Å²) in [6.45, 7) is 10.9. The average Bonchev–Trinajstić information content (AvgIpc) is 2.86. The molecule has 0 aliphatic heterocycles. The molecule has 1 heterocycles. The fourth-order valence-electron chi connectivity index (χ4n) is 6.71. The Morgan fingerprint density at radius 2 is 1.81 bits per heavy atom. The highest BCUT2D eigenvalue weighted by atomic mass is 16.5. The third-order valence-electron chi connectivity index (χ3n) is 8.47. The zero-order valence-corrected chi connectivity index (χ0v) is 23.1. The second-order valence-electron chi connectivity index (χ2n) is 12.2. The number of benzene rings is 1. The van der Waals surface area contributed by atoms with Gasteiger partial charge in [0, 0.05) is 36.5 Å². The third-order valence-corrected chi connectivity index (χ3v) is 8.47. The Morgan fingerprint density at radius 1 is 1.03 bits per heavy atom. The van der Waals surface area contributed by atoms with Crippen LogP contribution < -0.4 is 0 Å². The quantitative estimate of drug-likeness (QED) is 0.318. The number of ether oxygens (including phenoxy) is 1. The first-order chi connectivity index (χ1) is 17.4. The molecule has 4 rings (SSSR count). The molecule has 0 spiro atoms. The van der Waals surface area contributed by atoms with E-state index in [0.29, 0.717) is 30.2 Å². The van der Waals surface area contributed by atoms with Crippen LogP contribution in [0.25, 0.3) is 10.9 Å². The van der Waals surface area contributed by atoms with Gasteiger partial charge in [-0.25, -0.2) is 0 Å². The van der Waals surface area contributed by atoms with E-state index in [1.165, 1.54) is 68.9 Å². The number of rotatable bonds is 10. The van der Waals surface area contributed by atoms with Crippen LogP contribution in [0.3, 0.4) is 0 Å². The molecular weight excluding hydrogens is 444 g/mol. The number of aromatic nitrogens is 1. The number of pyridine rings is 1. The highest BCUT2D eigenvalue weighted by Crippen LogP contribution is 2.43. The SMILES string of the molecule is CC(C)CCN(CC1CCCCC1)[C@@H]1CCC[C@H](CC(=O)OC(C)C)[C@H]1c1cnc2ccccc2c1. The van der Waals surface area contributed by atoms with Crippen LogP contribution in [0.4, 0.5) is 0 Å². The number of hydrogen-bond donors (Lipinski definition) is 0. The molecule has 0 bridgehead atoms. The summed E-state index contributed by atoms with van der Waals surface area (Å²) in [6, 6.07) is 11.2. The Morgan fingerprint density at radius 3 is 2.56 bits per heavy atom. The van der Waals surface area contributed by atoms with Gasteiger partial charge in [0.25, 0.3) is 0 Å². The van der Waals surface area contributed by atoms with Crippen molar-refractivity contribution in [1.82, 2.24) is 9.88 Å². The number of hydrogen-bond acceptors (Lipinski definition) is 4. The van der Waals surface area contributed by atoms with Crippen molar-refractivity contribution in [1.29, 1.82) is 0 Å². The van der Waals surface area contributed by atoms with Crippen LogP contribution in [0.5, 0.6) is 0 Å². The second-order valence-corrected chi connectivity index (χ2v) is 12.2. The normalized spacial score (nSPS) is 23.6. The molecule has 0 radical (unpaired) electrons. The van der Waals surface area contributed by atoms with E-state index in [2.05, 4.69) is 55.3 Å². The zero-order valence-electron chi connectivity index (χ0n) is 23.1. The largest absolute Gasteiger partial charge is 0.463 e. The molecule has 198 valence electrons. The smallest absolute Gasteiger partial charge is 0.306 e. The maximum atomic E-state index is 12.9. The zero-order chi connectivity index (χ0) is 25.5. The predicted molar refractivity (Wildman–Crippen MR) is 149 cm³/mol. The minimum atomic E-state index is -0.0634. The summed E-state index contributed by atoms with van der Waals surface area (Å²) in [5.74, 6) is 2.07. The van der Waals surface area contributed by atoms with Crippen LogP contribution in [0.15, 0.2) is 36.5 Å². The Labute approximate surface area is 219 Å². The van der Waals surface area contributed by atoms with E-state index in [4.69, 9.17) is 9.72 Å². The van der Waals surface area contributed by atoms with E-state index in [9.17, 15) is 4.79 Å². The van der Waals surface area contributed by atoms with E-state index >= 15 is 0 Å². The predicted octanol–water partition coefficient (Wildman–Crippen LogP) is 7.76. The van der Waals surface area contributed by atoms with Gasteiger partial charge < -0.3 is 4.74 Å². The first-order valence-corrected chi connectivity index (χ1v) is 14.7. The van der Waals surface area contributed by atoms with Crippen LogP contribution >= 0.6 is 0 Å². The number of fused-ring (bicyclic) bond motifs is 1. The average molecular weight is 493 g/mol. The molecule has 2 aliphatic rings. The van der Waals surface area contributed by atoms with Crippen molar-refractivity contribution >= 4 is 16.9 Å². The summed E-state index contributed by atoms with van der Waals surface area (Å²) in [5, 5.41) is 1.20. The Kier molecular flexibility index (Phi) is 9.81. The lowest BCUT2D eigenvalue weighted by atomic mass is 9.70. The Bertz CT molecular complexity index is 966. The van der Waals surface area contributed by atoms with Gasteiger partial charge in [0.2, 0.25) is 0 Å². The topological polar surface area (TPSA) is 42.4 Å². The Hall–Kier alpha value is -1.94. The minimum Gasteiger partial charge on any atom is -0.463 e. The summed E-state index contributed by atoms with van der Waals surface area (Å²) < 4.78 is 5.64. The van der Waals surface area contributed by atoms with Crippen molar-refractivity contribution < 1.29 is 9.53 Å². The molecule has 0 unspecified atom stereocenters. The van der Waals surface area contributed by atoms with Gasteiger partial charge in [0.1, 0.15) is 0 Å².